The molecule has 0 atom stereocenters. The third-order valence-electron chi connectivity index (χ3n) is 3.28. The van der Waals surface area contributed by atoms with E-state index in [1.54, 1.807) is 16.9 Å². The number of aliphatic hydroxyl groups is 1. The molecule has 3 rings (SSSR count). The molecule has 5 heteroatoms. The van der Waals surface area contributed by atoms with Crippen LogP contribution in [-0.4, -0.2) is 20.0 Å². The first kappa shape index (κ1) is 13.9. The summed E-state index contributed by atoms with van der Waals surface area (Å²) < 4.78 is 2.57. The monoisotopic (exact) mass is 344 g/mol. The van der Waals surface area contributed by atoms with Crippen LogP contribution < -0.4 is 0 Å². The molecule has 0 radical (unpaired) electrons. The maximum Gasteiger partial charge on any atom is 0.125 e. The molecule has 0 saturated heterocycles. The molecule has 0 aliphatic rings. The summed E-state index contributed by atoms with van der Waals surface area (Å²) in [5.41, 5.74) is 3.03. The lowest BCUT2D eigenvalue weighted by molar-refractivity contribution is 0.282. The van der Waals surface area contributed by atoms with Crippen LogP contribution in [0.5, 0.6) is 5.75 Å². The summed E-state index contributed by atoms with van der Waals surface area (Å²) in [7, 11) is 0. The van der Waals surface area contributed by atoms with Gasteiger partial charge in [-0.1, -0.05) is 22.0 Å². The van der Waals surface area contributed by atoms with E-state index in [4.69, 9.17) is 0 Å². The SMILES string of the molecule is OCc1cc(Br)ccc1-c1ccc(-n2cccn2)cc1O. The van der Waals surface area contributed by atoms with Crippen molar-refractivity contribution in [1.29, 1.82) is 0 Å². The number of hydrogen-bond acceptors (Lipinski definition) is 3. The van der Waals surface area contributed by atoms with Gasteiger partial charge in [0.05, 0.1) is 12.3 Å². The molecule has 2 aromatic carbocycles. The van der Waals surface area contributed by atoms with E-state index in [9.17, 15) is 10.2 Å². The average molecular weight is 345 g/mol. The lowest BCUT2D eigenvalue weighted by atomic mass is 9.99. The Hall–Kier alpha value is -2.11. The number of phenolic OH excluding ortho intramolecular Hbond substituents is 1. The molecule has 0 unspecified atom stereocenters. The van der Waals surface area contributed by atoms with Gasteiger partial charge >= 0.3 is 0 Å². The van der Waals surface area contributed by atoms with Crippen LogP contribution >= 0.6 is 15.9 Å². The standard InChI is InChI=1S/C16H13BrN2O2/c17-12-2-4-14(11(8-12)10-20)15-5-3-13(9-16(15)21)19-7-1-6-18-19/h1-9,20-21H,10H2. The van der Waals surface area contributed by atoms with Crippen LogP contribution in [0.2, 0.25) is 0 Å². The molecular weight excluding hydrogens is 332 g/mol. The van der Waals surface area contributed by atoms with E-state index in [-0.39, 0.29) is 12.4 Å². The van der Waals surface area contributed by atoms with Crippen LogP contribution in [0.25, 0.3) is 16.8 Å². The topological polar surface area (TPSA) is 58.3 Å². The quantitative estimate of drug-likeness (QED) is 0.764. The fourth-order valence-corrected chi connectivity index (χ4v) is 2.68. The van der Waals surface area contributed by atoms with Crippen molar-refractivity contribution in [1.82, 2.24) is 9.78 Å². The second kappa shape index (κ2) is 5.71. The molecule has 106 valence electrons. The van der Waals surface area contributed by atoms with Gasteiger partial charge in [0.1, 0.15) is 5.75 Å². The highest BCUT2D eigenvalue weighted by Gasteiger charge is 2.11. The maximum atomic E-state index is 10.3. The molecule has 4 nitrogen and oxygen atoms in total. The number of rotatable bonds is 3. The predicted molar refractivity (Wildman–Crippen MR) is 84.3 cm³/mol. The van der Waals surface area contributed by atoms with Gasteiger partial charge < -0.3 is 10.2 Å². The summed E-state index contributed by atoms with van der Waals surface area (Å²) in [4.78, 5) is 0. The molecular formula is C16H13BrN2O2. The Labute approximate surface area is 130 Å². The summed E-state index contributed by atoms with van der Waals surface area (Å²) in [6.45, 7) is -0.0882. The highest BCUT2D eigenvalue weighted by Crippen LogP contribution is 2.34. The van der Waals surface area contributed by atoms with Gasteiger partial charge in [0.15, 0.2) is 0 Å². The Bertz CT molecular complexity index is 770. The van der Waals surface area contributed by atoms with Gasteiger partial charge in [0.2, 0.25) is 0 Å². The van der Waals surface area contributed by atoms with Crippen LogP contribution in [0.4, 0.5) is 0 Å². The van der Waals surface area contributed by atoms with Gasteiger partial charge in [-0.25, -0.2) is 4.68 Å². The van der Waals surface area contributed by atoms with Crippen molar-refractivity contribution in [3.8, 4) is 22.6 Å². The Kier molecular flexibility index (Phi) is 3.77. The molecule has 3 aromatic rings. The largest absolute Gasteiger partial charge is 0.507 e. The van der Waals surface area contributed by atoms with Crippen molar-refractivity contribution in [3.63, 3.8) is 0 Å². The number of phenols is 1. The number of aliphatic hydroxyl groups excluding tert-OH is 1. The molecule has 0 saturated carbocycles. The molecule has 21 heavy (non-hydrogen) atoms. The molecule has 0 bridgehead atoms. The first-order valence-electron chi connectivity index (χ1n) is 6.42. The summed E-state index contributed by atoms with van der Waals surface area (Å²) in [6, 6.07) is 12.8. The first-order valence-corrected chi connectivity index (χ1v) is 7.21. The summed E-state index contributed by atoms with van der Waals surface area (Å²) >= 11 is 3.38. The second-order valence-electron chi connectivity index (χ2n) is 4.61. The maximum absolute atomic E-state index is 10.3. The van der Waals surface area contributed by atoms with E-state index >= 15 is 0 Å². The summed E-state index contributed by atoms with van der Waals surface area (Å²) in [6.07, 6.45) is 3.50. The number of halogens is 1. The minimum absolute atomic E-state index is 0.0882. The first-order chi connectivity index (χ1) is 10.2. The lowest BCUT2D eigenvalue weighted by Gasteiger charge is -2.11. The average Bonchev–Trinajstić information content (AvgIpc) is 3.01. The number of aromatic hydroxyl groups is 1. The number of hydrogen-bond donors (Lipinski definition) is 2. The summed E-state index contributed by atoms with van der Waals surface area (Å²) in [5, 5.41) is 23.9. The number of aromatic nitrogens is 2. The van der Waals surface area contributed by atoms with Crippen molar-refractivity contribution in [2.45, 2.75) is 6.61 Å². The zero-order valence-electron chi connectivity index (χ0n) is 11.1. The molecule has 0 fully saturated rings. The Balaban J connectivity index is 2.08. The Morgan fingerprint density at radius 3 is 2.57 bits per heavy atom. The number of nitrogens with zero attached hydrogens (tertiary/aromatic N) is 2. The minimum Gasteiger partial charge on any atom is -0.507 e. The molecule has 0 aliphatic carbocycles. The third kappa shape index (κ3) is 2.70. The van der Waals surface area contributed by atoms with Crippen molar-refractivity contribution in [2.24, 2.45) is 0 Å². The molecule has 0 aliphatic heterocycles. The molecule has 0 amide bonds. The Morgan fingerprint density at radius 2 is 1.90 bits per heavy atom. The van der Waals surface area contributed by atoms with Gasteiger partial charge in [0.25, 0.3) is 0 Å². The van der Waals surface area contributed by atoms with E-state index < -0.39 is 0 Å². The van der Waals surface area contributed by atoms with Gasteiger partial charge in [-0.05, 0) is 41.5 Å². The number of benzene rings is 2. The van der Waals surface area contributed by atoms with Crippen molar-refractivity contribution in [3.05, 3.63) is 64.9 Å². The van der Waals surface area contributed by atoms with Crippen LogP contribution in [0.3, 0.4) is 0 Å². The van der Waals surface area contributed by atoms with E-state index in [2.05, 4.69) is 21.0 Å². The normalized spacial score (nSPS) is 10.8. The second-order valence-corrected chi connectivity index (χ2v) is 5.53. The highest BCUT2D eigenvalue weighted by atomic mass is 79.9. The van der Waals surface area contributed by atoms with Crippen LogP contribution in [0.15, 0.2) is 59.3 Å². The smallest absolute Gasteiger partial charge is 0.125 e. The third-order valence-corrected chi connectivity index (χ3v) is 3.77. The van der Waals surface area contributed by atoms with E-state index in [0.717, 1.165) is 21.3 Å². The van der Waals surface area contributed by atoms with E-state index in [0.29, 0.717) is 5.56 Å². The van der Waals surface area contributed by atoms with Crippen LogP contribution in [0, 0.1) is 0 Å². The van der Waals surface area contributed by atoms with Crippen LogP contribution in [0.1, 0.15) is 5.56 Å². The van der Waals surface area contributed by atoms with Crippen molar-refractivity contribution >= 4 is 15.9 Å². The highest BCUT2D eigenvalue weighted by molar-refractivity contribution is 9.10. The fraction of sp³-hybridized carbons (Fsp3) is 0.0625. The van der Waals surface area contributed by atoms with E-state index in [1.165, 1.54) is 0 Å². The van der Waals surface area contributed by atoms with Crippen molar-refractivity contribution < 1.29 is 10.2 Å². The molecule has 2 N–H and O–H groups in total. The summed E-state index contributed by atoms with van der Waals surface area (Å²) in [5.74, 6) is 0.153. The van der Waals surface area contributed by atoms with Crippen LogP contribution in [-0.2, 0) is 6.61 Å². The molecule has 1 heterocycles. The van der Waals surface area contributed by atoms with Gasteiger partial charge in [-0.3, -0.25) is 0 Å². The lowest BCUT2D eigenvalue weighted by Crippen LogP contribution is -1.95. The van der Waals surface area contributed by atoms with Gasteiger partial charge in [-0.2, -0.15) is 5.10 Å². The zero-order chi connectivity index (χ0) is 14.8. The molecule has 0 spiro atoms. The van der Waals surface area contributed by atoms with Gasteiger partial charge in [0, 0.05) is 28.5 Å². The zero-order valence-corrected chi connectivity index (χ0v) is 12.7. The predicted octanol–water partition coefficient (Wildman–Crippen LogP) is 3.50. The van der Waals surface area contributed by atoms with Crippen molar-refractivity contribution in [2.75, 3.05) is 0 Å². The van der Waals surface area contributed by atoms with Gasteiger partial charge in [-0.15, -0.1) is 0 Å². The van der Waals surface area contributed by atoms with E-state index in [1.807, 2.05) is 42.6 Å². The fourth-order valence-electron chi connectivity index (χ4n) is 2.27. The minimum atomic E-state index is -0.0882. The Morgan fingerprint density at radius 1 is 1.10 bits per heavy atom. The molecule has 1 aromatic heterocycles.